The number of aromatic nitrogens is 1. The third kappa shape index (κ3) is 3.25. The Morgan fingerprint density at radius 3 is 2.67 bits per heavy atom. The topological polar surface area (TPSA) is 75.4 Å². The Hall–Kier alpha value is -2.44. The molecule has 2 aromatic heterocycles. The molecule has 0 bridgehead atoms. The predicted octanol–water partition coefficient (Wildman–Crippen LogP) is 4.33. The standard InChI is InChI=1S/C18H18N2O3S/c1-10-8-9-15(23-10)18-19-11(2)16(24-18)17(22)20-14-7-5-4-6-13(14)12(3)21/h4-9,12,21H,1-3H3,(H,20,22). The maximum absolute atomic E-state index is 12.6. The summed E-state index contributed by atoms with van der Waals surface area (Å²) in [5.74, 6) is 1.21. The summed E-state index contributed by atoms with van der Waals surface area (Å²) in [6.45, 7) is 5.33. The number of nitrogens with one attached hydrogen (secondary N) is 1. The molecule has 2 N–H and O–H groups in total. The second kappa shape index (κ2) is 6.59. The lowest BCUT2D eigenvalue weighted by Crippen LogP contribution is -2.13. The Labute approximate surface area is 144 Å². The fourth-order valence-electron chi connectivity index (χ4n) is 2.42. The molecule has 1 aromatic carbocycles. The van der Waals surface area contributed by atoms with Crippen LogP contribution < -0.4 is 5.32 Å². The second-order valence-electron chi connectivity index (χ2n) is 5.56. The molecule has 0 aliphatic rings. The zero-order chi connectivity index (χ0) is 17.3. The Kier molecular flexibility index (Phi) is 4.51. The van der Waals surface area contributed by atoms with Crippen molar-refractivity contribution in [2.24, 2.45) is 0 Å². The zero-order valence-electron chi connectivity index (χ0n) is 13.7. The van der Waals surface area contributed by atoms with E-state index < -0.39 is 6.10 Å². The molecule has 0 aliphatic carbocycles. The molecule has 1 atom stereocenters. The monoisotopic (exact) mass is 342 g/mol. The van der Waals surface area contributed by atoms with Crippen molar-refractivity contribution in [2.75, 3.05) is 5.32 Å². The third-order valence-corrected chi connectivity index (χ3v) is 4.78. The zero-order valence-corrected chi connectivity index (χ0v) is 14.5. The van der Waals surface area contributed by atoms with E-state index in [-0.39, 0.29) is 5.91 Å². The molecule has 0 saturated carbocycles. The van der Waals surface area contributed by atoms with Crippen LogP contribution in [0.2, 0.25) is 0 Å². The smallest absolute Gasteiger partial charge is 0.267 e. The van der Waals surface area contributed by atoms with Crippen LogP contribution in [0.25, 0.3) is 10.8 Å². The van der Waals surface area contributed by atoms with Gasteiger partial charge in [0.05, 0.1) is 11.8 Å². The summed E-state index contributed by atoms with van der Waals surface area (Å²) in [7, 11) is 0. The van der Waals surface area contributed by atoms with E-state index in [0.717, 1.165) is 5.76 Å². The van der Waals surface area contributed by atoms with E-state index in [9.17, 15) is 9.90 Å². The fourth-order valence-corrected chi connectivity index (χ4v) is 3.34. The van der Waals surface area contributed by atoms with Crippen molar-refractivity contribution in [3.63, 3.8) is 0 Å². The first-order valence-electron chi connectivity index (χ1n) is 7.58. The van der Waals surface area contributed by atoms with Crippen molar-refractivity contribution < 1.29 is 14.3 Å². The number of para-hydroxylation sites is 1. The Morgan fingerprint density at radius 1 is 1.25 bits per heavy atom. The molecule has 0 spiro atoms. The number of aliphatic hydroxyl groups is 1. The van der Waals surface area contributed by atoms with Gasteiger partial charge in [0.25, 0.3) is 5.91 Å². The number of carbonyl (C=O) groups is 1. The number of aliphatic hydroxyl groups excluding tert-OH is 1. The lowest BCUT2D eigenvalue weighted by Gasteiger charge is -2.12. The van der Waals surface area contributed by atoms with Gasteiger partial charge in [-0.15, -0.1) is 11.3 Å². The number of benzene rings is 1. The number of aryl methyl sites for hydroxylation is 2. The minimum Gasteiger partial charge on any atom is -0.459 e. The van der Waals surface area contributed by atoms with Gasteiger partial charge in [-0.3, -0.25) is 4.79 Å². The summed E-state index contributed by atoms with van der Waals surface area (Å²) < 4.78 is 5.57. The quantitative estimate of drug-likeness (QED) is 0.740. The first-order valence-corrected chi connectivity index (χ1v) is 8.40. The predicted molar refractivity (Wildman–Crippen MR) is 94.3 cm³/mol. The van der Waals surface area contributed by atoms with Crippen LogP contribution in [0.3, 0.4) is 0 Å². The Morgan fingerprint density at radius 2 is 2.00 bits per heavy atom. The largest absolute Gasteiger partial charge is 0.459 e. The number of amides is 1. The summed E-state index contributed by atoms with van der Waals surface area (Å²) in [4.78, 5) is 17.6. The number of anilines is 1. The van der Waals surface area contributed by atoms with Crippen molar-refractivity contribution in [1.82, 2.24) is 4.98 Å². The highest BCUT2D eigenvalue weighted by Crippen LogP contribution is 2.30. The molecule has 1 unspecified atom stereocenters. The molecule has 0 radical (unpaired) electrons. The van der Waals surface area contributed by atoms with Gasteiger partial charge in [0, 0.05) is 11.3 Å². The molecule has 2 heterocycles. The molecular formula is C18H18N2O3S. The van der Waals surface area contributed by atoms with Gasteiger partial charge in [0.15, 0.2) is 10.8 Å². The van der Waals surface area contributed by atoms with E-state index >= 15 is 0 Å². The van der Waals surface area contributed by atoms with Gasteiger partial charge in [-0.25, -0.2) is 4.98 Å². The minimum absolute atomic E-state index is 0.243. The molecule has 3 aromatic rings. The molecule has 0 aliphatic heterocycles. The summed E-state index contributed by atoms with van der Waals surface area (Å²) in [5.41, 5.74) is 1.92. The average molecular weight is 342 g/mol. The van der Waals surface area contributed by atoms with Crippen LogP contribution in [0.5, 0.6) is 0 Å². The SMILES string of the molecule is Cc1ccc(-c2nc(C)c(C(=O)Nc3ccccc3C(C)O)s2)o1. The molecule has 0 fully saturated rings. The number of furan rings is 1. The highest BCUT2D eigenvalue weighted by Gasteiger charge is 2.19. The van der Waals surface area contributed by atoms with Gasteiger partial charge in [-0.05, 0) is 39.0 Å². The van der Waals surface area contributed by atoms with Crippen molar-refractivity contribution >= 4 is 22.9 Å². The number of thiazole rings is 1. The molecule has 5 nitrogen and oxygen atoms in total. The highest BCUT2D eigenvalue weighted by molar-refractivity contribution is 7.17. The Balaban J connectivity index is 1.87. The number of nitrogens with zero attached hydrogens (tertiary/aromatic N) is 1. The minimum atomic E-state index is -0.661. The number of rotatable bonds is 4. The number of hydrogen-bond acceptors (Lipinski definition) is 5. The molecule has 24 heavy (non-hydrogen) atoms. The average Bonchev–Trinajstić information content (AvgIpc) is 3.13. The molecular weight excluding hydrogens is 324 g/mol. The van der Waals surface area contributed by atoms with E-state index in [1.807, 2.05) is 31.2 Å². The molecule has 124 valence electrons. The van der Waals surface area contributed by atoms with Gasteiger partial charge in [-0.2, -0.15) is 0 Å². The van der Waals surface area contributed by atoms with Gasteiger partial charge in [0.1, 0.15) is 10.6 Å². The molecule has 3 rings (SSSR count). The van der Waals surface area contributed by atoms with Gasteiger partial charge in [0.2, 0.25) is 0 Å². The Bertz CT molecular complexity index is 880. The third-order valence-electron chi connectivity index (χ3n) is 3.61. The van der Waals surface area contributed by atoms with Crippen LogP contribution in [0.4, 0.5) is 5.69 Å². The van der Waals surface area contributed by atoms with Crippen LogP contribution >= 0.6 is 11.3 Å². The maximum Gasteiger partial charge on any atom is 0.267 e. The van der Waals surface area contributed by atoms with Gasteiger partial charge in [-0.1, -0.05) is 18.2 Å². The summed E-state index contributed by atoms with van der Waals surface area (Å²) in [6, 6.07) is 10.9. The normalized spacial score (nSPS) is 12.2. The van der Waals surface area contributed by atoms with Crippen LogP contribution in [0.1, 0.15) is 39.7 Å². The van der Waals surface area contributed by atoms with Crippen LogP contribution in [-0.4, -0.2) is 16.0 Å². The maximum atomic E-state index is 12.6. The van der Waals surface area contributed by atoms with Crippen molar-refractivity contribution in [1.29, 1.82) is 0 Å². The van der Waals surface area contributed by atoms with E-state index in [0.29, 0.717) is 32.6 Å². The van der Waals surface area contributed by atoms with E-state index in [1.165, 1.54) is 11.3 Å². The van der Waals surface area contributed by atoms with E-state index in [1.54, 1.807) is 26.0 Å². The van der Waals surface area contributed by atoms with E-state index in [4.69, 9.17) is 4.42 Å². The molecule has 0 saturated heterocycles. The van der Waals surface area contributed by atoms with Crippen molar-refractivity contribution in [3.05, 3.63) is 58.3 Å². The summed E-state index contributed by atoms with van der Waals surface area (Å²) in [5, 5.41) is 13.4. The first kappa shape index (κ1) is 16.4. The number of carbonyl (C=O) groups excluding carboxylic acids is 1. The first-order chi connectivity index (χ1) is 11.5. The van der Waals surface area contributed by atoms with Crippen LogP contribution in [0, 0.1) is 13.8 Å². The lowest BCUT2D eigenvalue weighted by molar-refractivity contribution is 0.102. The van der Waals surface area contributed by atoms with Crippen LogP contribution in [-0.2, 0) is 0 Å². The van der Waals surface area contributed by atoms with Crippen LogP contribution in [0.15, 0.2) is 40.8 Å². The van der Waals surface area contributed by atoms with Gasteiger partial charge >= 0.3 is 0 Å². The second-order valence-corrected chi connectivity index (χ2v) is 6.56. The highest BCUT2D eigenvalue weighted by atomic mass is 32.1. The van der Waals surface area contributed by atoms with E-state index in [2.05, 4.69) is 10.3 Å². The van der Waals surface area contributed by atoms with Gasteiger partial charge < -0.3 is 14.8 Å². The number of hydrogen-bond donors (Lipinski definition) is 2. The van der Waals surface area contributed by atoms with Crippen molar-refractivity contribution in [2.45, 2.75) is 26.9 Å². The molecule has 6 heteroatoms. The van der Waals surface area contributed by atoms with Crippen molar-refractivity contribution in [3.8, 4) is 10.8 Å². The molecule has 1 amide bonds. The lowest BCUT2D eigenvalue weighted by atomic mass is 10.1. The summed E-state index contributed by atoms with van der Waals surface area (Å²) >= 11 is 1.29. The fraction of sp³-hybridized carbons (Fsp3) is 0.222. The summed E-state index contributed by atoms with van der Waals surface area (Å²) in [6.07, 6.45) is -0.661.